The van der Waals surface area contributed by atoms with E-state index < -0.39 is 11.6 Å². The molecule has 0 spiro atoms. The summed E-state index contributed by atoms with van der Waals surface area (Å²) in [7, 11) is 1.61. The first-order valence-electron chi connectivity index (χ1n) is 8.42. The number of carbonyl (C=O) groups is 2. The van der Waals surface area contributed by atoms with Gasteiger partial charge >= 0.3 is 0 Å². The number of nitrogens with zero attached hydrogens (tertiary/aromatic N) is 1. The molecular formula is C18H27N3O4. The zero-order valence-corrected chi connectivity index (χ0v) is 15.0. The lowest BCUT2D eigenvalue weighted by molar-refractivity contribution is -0.135. The van der Waals surface area contributed by atoms with Crippen LogP contribution in [0.25, 0.3) is 0 Å². The number of hydrogen-bond acceptors (Lipinski definition) is 5. The number of rotatable bonds is 7. The lowest BCUT2D eigenvalue weighted by Gasteiger charge is -2.35. The molecular weight excluding hydrogens is 322 g/mol. The Morgan fingerprint density at radius 1 is 1.44 bits per heavy atom. The number of aliphatic hydroxyl groups excluding tert-OH is 1. The van der Waals surface area contributed by atoms with Gasteiger partial charge in [-0.2, -0.15) is 0 Å². The van der Waals surface area contributed by atoms with E-state index in [9.17, 15) is 14.7 Å². The van der Waals surface area contributed by atoms with Crippen LogP contribution in [0.1, 0.15) is 25.8 Å². The van der Waals surface area contributed by atoms with E-state index >= 15 is 0 Å². The number of ether oxygens (including phenoxy) is 1. The van der Waals surface area contributed by atoms with E-state index in [2.05, 4.69) is 10.6 Å². The van der Waals surface area contributed by atoms with Gasteiger partial charge in [0.15, 0.2) is 0 Å². The Kier molecular flexibility index (Phi) is 6.39. The highest BCUT2D eigenvalue weighted by atomic mass is 16.5. The van der Waals surface area contributed by atoms with Gasteiger partial charge in [-0.1, -0.05) is 18.2 Å². The van der Waals surface area contributed by atoms with Crippen LogP contribution in [-0.2, 0) is 16.1 Å². The lowest BCUT2D eigenvalue weighted by Crippen LogP contribution is -2.57. The minimum Gasteiger partial charge on any atom is -0.496 e. The SMILES string of the molecule is COc1ccccc1CN1CCNC(=O)[C@@H]1CC(=O)NC(C)(C)CO. The van der Waals surface area contributed by atoms with Crippen molar-refractivity contribution in [1.82, 2.24) is 15.5 Å². The molecule has 1 saturated heterocycles. The third-order valence-electron chi connectivity index (χ3n) is 4.26. The Morgan fingerprint density at radius 2 is 2.16 bits per heavy atom. The summed E-state index contributed by atoms with van der Waals surface area (Å²) >= 11 is 0. The number of methoxy groups -OCH3 is 1. The zero-order valence-electron chi connectivity index (χ0n) is 15.0. The van der Waals surface area contributed by atoms with Crippen LogP contribution in [0.3, 0.4) is 0 Å². The van der Waals surface area contributed by atoms with E-state index in [1.54, 1.807) is 21.0 Å². The predicted molar refractivity (Wildman–Crippen MR) is 94.1 cm³/mol. The number of hydrogen-bond donors (Lipinski definition) is 3. The molecule has 0 bridgehead atoms. The minimum atomic E-state index is -0.713. The number of piperazine rings is 1. The number of aliphatic hydroxyl groups is 1. The van der Waals surface area contributed by atoms with Crippen molar-refractivity contribution in [3.63, 3.8) is 0 Å². The monoisotopic (exact) mass is 349 g/mol. The fourth-order valence-electron chi connectivity index (χ4n) is 2.87. The number of nitrogens with one attached hydrogen (secondary N) is 2. The first kappa shape index (κ1) is 19.2. The maximum atomic E-state index is 12.3. The molecule has 2 amide bonds. The molecule has 0 aromatic heterocycles. The molecule has 1 fully saturated rings. The summed E-state index contributed by atoms with van der Waals surface area (Å²) in [5.74, 6) is 0.349. The van der Waals surface area contributed by atoms with Gasteiger partial charge in [-0.05, 0) is 19.9 Å². The second-order valence-corrected chi connectivity index (χ2v) is 6.88. The molecule has 3 N–H and O–H groups in total. The second kappa shape index (κ2) is 8.31. The first-order valence-corrected chi connectivity index (χ1v) is 8.42. The summed E-state index contributed by atoms with van der Waals surface area (Å²) in [5, 5.41) is 14.9. The summed E-state index contributed by atoms with van der Waals surface area (Å²) in [6.07, 6.45) is 0.0460. The van der Waals surface area contributed by atoms with Crippen molar-refractivity contribution in [3.05, 3.63) is 29.8 Å². The van der Waals surface area contributed by atoms with Crippen LogP contribution >= 0.6 is 0 Å². The van der Waals surface area contributed by atoms with Gasteiger partial charge in [0.25, 0.3) is 0 Å². The topological polar surface area (TPSA) is 90.9 Å². The molecule has 7 nitrogen and oxygen atoms in total. The van der Waals surface area contributed by atoms with E-state index in [1.165, 1.54) is 0 Å². The van der Waals surface area contributed by atoms with Crippen molar-refractivity contribution < 1.29 is 19.4 Å². The molecule has 0 aliphatic carbocycles. The zero-order chi connectivity index (χ0) is 18.4. The van der Waals surface area contributed by atoms with Crippen LogP contribution in [-0.4, -0.2) is 60.2 Å². The fraction of sp³-hybridized carbons (Fsp3) is 0.556. The van der Waals surface area contributed by atoms with Gasteiger partial charge in [0.2, 0.25) is 11.8 Å². The summed E-state index contributed by atoms with van der Waals surface area (Å²) in [6.45, 7) is 5.04. The van der Waals surface area contributed by atoms with Gasteiger partial charge in [-0.25, -0.2) is 0 Å². The Hall–Kier alpha value is -2.12. The maximum absolute atomic E-state index is 12.3. The maximum Gasteiger partial charge on any atom is 0.237 e. The number of benzene rings is 1. The van der Waals surface area contributed by atoms with Crippen LogP contribution in [0.5, 0.6) is 5.75 Å². The fourth-order valence-corrected chi connectivity index (χ4v) is 2.87. The molecule has 1 aliphatic heterocycles. The van der Waals surface area contributed by atoms with Gasteiger partial charge < -0.3 is 20.5 Å². The average molecular weight is 349 g/mol. The van der Waals surface area contributed by atoms with Crippen LogP contribution in [0, 0.1) is 0 Å². The van der Waals surface area contributed by atoms with Gasteiger partial charge in [-0.15, -0.1) is 0 Å². The first-order chi connectivity index (χ1) is 11.9. The molecule has 0 radical (unpaired) electrons. The number of carbonyl (C=O) groups excluding carboxylic acids is 2. The molecule has 2 rings (SSSR count). The Balaban J connectivity index is 2.10. The van der Waals surface area contributed by atoms with Crippen molar-refractivity contribution in [2.45, 2.75) is 38.4 Å². The smallest absolute Gasteiger partial charge is 0.237 e. The quantitative estimate of drug-likeness (QED) is 0.657. The highest BCUT2D eigenvalue weighted by Gasteiger charge is 2.33. The van der Waals surface area contributed by atoms with Crippen molar-refractivity contribution in [3.8, 4) is 5.75 Å². The van der Waals surface area contributed by atoms with Crippen LogP contribution in [0.4, 0.5) is 0 Å². The van der Waals surface area contributed by atoms with Gasteiger partial charge in [0, 0.05) is 25.2 Å². The summed E-state index contributed by atoms with van der Waals surface area (Å²) in [6, 6.07) is 7.11. The standard InChI is InChI=1S/C18H27N3O4/c1-18(2,12-22)20-16(23)10-14-17(24)19-8-9-21(14)11-13-6-4-5-7-15(13)25-3/h4-7,14,22H,8-12H2,1-3H3,(H,19,24)(H,20,23)/t14-/m0/s1. The van der Waals surface area contributed by atoms with E-state index in [-0.39, 0.29) is 24.8 Å². The van der Waals surface area contributed by atoms with Crippen LogP contribution < -0.4 is 15.4 Å². The van der Waals surface area contributed by atoms with Gasteiger partial charge in [0.1, 0.15) is 5.75 Å². The summed E-state index contributed by atoms with van der Waals surface area (Å²) < 4.78 is 5.38. The highest BCUT2D eigenvalue weighted by Crippen LogP contribution is 2.22. The molecule has 0 unspecified atom stereocenters. The highest BCUT2D eigenvalue weighted by molar-refractivity contribution is 5.89. The van der Waals surface area contributed by atoms with Crippen LogP contribution in [0.15, 0.2) is 24.3 Å². The predicted octanol–water partition coefficient (Wildman–Crippen LogP) is 0.273. The molecule has 7 heteroatoms. The van der Waals surface area contributed by atoms with Crippen molar-refractivity contribution in [2.75, 3.05) is 26.8 Å². The second-order valence-electron chi connectivity index (χ2n) is 6.88. The normalized spacial score (nSPS) is 18.6. The largest absolute Gasteiger partial charge is 0.496 e. The van der Waals surface area contributed by atoms with E-state index in [0.717, 1.165) is 11.3 Å². The molecule has 25 heavy (non-hydrogen) atoms. The van der Waals surface area contributed by atoms with Crippen molar-refractivity contribution >= 4 is 11.8 Å². The Morgan fingerprint density at radius 3 is 2.84 bits per heavy atom. The molecule has 0 saturated carbocycles. The number of amides is 2. The summed E-state index contributed by atoms with van der Waals surface area (Å²) in [5.41, 5.74) is 0.260. The molecule has 1 aromatic rings. The van der Waals surface area contributed by atoms with E-state index in [4.69, 9.17) is 4.74 Å². The van der Waals surface area contributed by atoms with E-state index in [1.807, 2.05) is 29.2 Å². The van der Waals surface area contributed by atoms with Gasteiger partial charge in [0.05, 0.1) is 31.7 Å². The van der Waals surface area contributed by atoms with E-state index in [0.29, 0.717) is 19.6 Å². The summed E-state index contributed by atoms with van der Waals surface area (Å²) in [4.78, 5) is 26.6. The Bertz CT molecular complexity index is 618. The minimum absolute atomic E-state index is 0.0460. The molecule has 1 atom stereocenters. The van der Waals surface area contributed by atoms with Crippen LogP contribution in [0.2, 0.25) is 0 Å². The third kappa shape index (κ3) is 5.17. The third-order valence-corrected chi connectivity index (χ3v) is 4.26. The molecule has 1 aromatic carbocycles. The number of para-hydroxylation sites is 1. The average Bonchev–Trinajstić information content (AvgIpc) is 2.58. The molecule has 138 valence electrons. The van der Waals surface area contributed by atoms with Crippen molar-refractivity contribution in [1.29, 1.82) is 0 Å². The molecule has 1 heterocycles. The molecule has 1 aliphatic rings. The Labute approximate surface area is 148 Å². The lowest BCUT2D eigenvalue weighted by atomic mass is 10.0. The van der Waals surface area contributed by atoms with Gasteiger partial charge in [-0.3, -0.25) is 14.5 Å². The van der Waals surface area contributed by atoms with Crippen molar-refractivity contribution in [2.24, 2.45) is 0 Å².